The first-order valence-electron chi connectivity index (χ1n) is 9.14. The van der Waals surface area contributed by atoms with Crippen molar-refractivity contribution in [2.45, 2.75) is 79.1 Å². The Morgan fingerprint density at radius 3 is 0.905 bits per heavy atom. The first-order valence-corrected chi connectivity index (χ1v) is 19.6. The van der Waals surface area contributed by atoms with Gasteiger partial charge in [-0.05, 0) is 0 Å². The molecule has 0 saturated heterocycles. The normalized spacial score (nSPS) is 12.0. The maximum atomic E-state index is 6.08. The number of rotatable bonds is 16. The van der Waals surface area contributed by atoms with Crippen LogP contribution in [0.1, 0.15) is 79.1 Å². The van der Waals surface area contributed by atoms with E-state index >= 15 is 0 Å². The third kappa shape index (κ3) is 10.2. The Morgan fingerprint density at radius 1 is 0.476 bits per heavy atom. The molecule has 21 heavy (non-hydrogen) atoms. The zero-order valence-electron chi connectivity index (χ0n) is 14.8. The summed E-state index contributed by atoms with van der Waals surface area (Å²) >= 11 is 0. The van der Waals surface area contributed by atoms with E-state index in [1.165, 1.54) is 0 Å². The molecule has 0 aliphatic heterocycles. The van der Waals surface area contributed by atoms with E-state index in [4.69, 9.17) is 20.4 Å². The van der Waals surface area contributed by atoms with Gasteiger partial charge in [0.15, 0.2) is 0 Å². The molecule has 0 aromatic heterocycles. The van der Waals surface area contributed by atoms with Gasteiger partial charge in [0, 0.05) is 0 Å². The monoisotopic (exact) mass is 559 g/mol. The van der Waals surface area contributed by atoms with Gasteiger partial charge in [0.2, 0.25) is 0 Å². The van der Waals surface area contributed by atoms with E-state index in [-0.39, 0.29) is 0 Å². The van der Waals surface area contributed by atoms with Crippen LogP contribution >= 0.6 is 0 Å². The third-order valence-electron chi connectivity index (χ3n) is 3.57. The molecule has 0 radical (unpaired) electrons. The molecule has 0 bridgehead atoms. The Morgan fingerprint density at radius 2 is 0.714 bits per heavy atom. The Balaban J connectivity index is 4.52. The second kappa shape index (κ2) is 13.8. The van der Waals surface area contributed by atoms with Crippen LogP contribution in [0.2, 0.25) is 0 Å². The summed E-state index contributed by atoms with van der Waals surface area (Å²) in [5.74, 6) is 0. The van der Waals surface area contributed by atoms with E-state index in [1.807, 2.05) is 0 Å². The summed E-state index contributed by atoms with van der Waals surface area (Å²) in [4.78, 5) is 0. The van der Waals surface area contributed by atoms with Crippen molar-refractivity contribution in [2.24, 2.45) is 0 Å². The summed E-state index contributed by atoms with van der Waals surface area (Å²) in [6, 6.07) is 0. The first-order chi connectivity index (χ1) is 10.2. The van der Waals surface area contributed by atoms with Crippen molar-refractivity contribution in [1.29, 1.82) is 0 Å². The Hall–Kier alpha value is -1.16. The average Bonchev–Trinajstić information content (AvgIpc) is 2.48. The molecule has 4 nitrogen and oxygen atoms in total. The number of unbranched alkanes of at least 4 members (excludes halogenated alkanes) is 4. The Kier molecular flexibility index (Phi) is 13.0. The van der Waals surface area contributed by atoms with Crippen molar-refractivity contribution in [1.82, 2.24) is 0 Å². The molecule has 0 N–H and O–H groups in total. The molecule has 126 valence electrons. The number of hydrogen-bond donors (Lipinski definition) is 0. The summed E-state index contributed by atoms with van der Waals surface area (Å²) < 4.78 is -4.14. The quantitative estimate of drug-likeness (QED) is 0.248. The van der Waals surface area contributed by atoms with Crippen molar-refractivity contribution in [3.8, 4) is 0 Å². The van der Waals surface area contributed by atoms with E-state index in [0.717, 1.165) is 51.4 Å². The van der Waals surface area contributed by atoms with Crippen LogP contribution in [-0.2, 0) is 20.4 Å². The van der Waals surface area contributed by atoms with Crippen molar-refractivity contribution < 1.29 is 20.4 Å². The second-order valence-corrected chi connectivity index (χ2v) is 19.5. The van der Waals surface area contributed by atoms with Gasteiger partial charge in [-0.3, -0.25) is 0 Å². The van der Waals surface area contributed by atoms with Crippen LogP contribution in [0, 0.1) is 0 Å². The summed E-state index contributed by atoms with van der Waals surface area (Å²) in [5, 5.41) is 24.3. The summed E-state index contributed by atoms with van der Waals surface area (Å²) in [7, 11) is 0. The van der Waals surface area contributed by atoms with Gasteiger partial charge in [-0.2, -0.15) is 0 Å². The summed E-state index contributed by atoms with van der Waals surface area (Å²) in [5.41, 5.74) is 0. The van der Waals surface area contributed by atoms with E-state index in [2.05, 4.69) is 27.7 Å². The zero-order valence-corrected chi connectivity index (χ0v) is 21.2. The van der Waals surface area contributed by atoms with Gasteiger partial charge >= 0.3 is 126 Å². The molecule has 0 aliphatic rings. The predicted octanol–water partition coefficient (Wildman–Crippen LogP) is 5.07. The van der Waals surface area contributed by atoms with Gasteiger partial charge in [-0.1, -0.05) is 0 Å². The first kappa shape index (κ1) is 19.8. The molecule has 0 heterocycles. The van der Waals surface area contributed by atoms with Gasteiger partial charge in [-0.25, -0.2) is 0 Å². The Bertz CT molecular complexity index is 169. The fourth-order valence-electron chi connectivity index (χ4n) is 2.05. The average molecular weight is 559 g/mol. The van der Waals surface area contributed by atoms with Gasteiger partial charge in [0.1, 0.15) is 0 Å². The summed E-state index contributed by atoms with van der Waals surface area (Å²) in [6.45, 7) is 11.5. The molecule has 0 atom stereocenters. The van der Waals surface area contributed by atoms with Crippen molar-refractivity contribution in [3.63, 3.8) is 0 Å². The molecule has 0 aromatic carbocycles. The maximum absolute atomic E-state index is 6.08. The predicted molar refractivity (Wildman–Crippen MR) is 83.4 cm³/mol. The van der Waals surface area contributed by atoms with E-state index in [9.17, 15) is 0 Å². The van der Waals surface area contributed by atoms with Crippen LogP contribution in [-0.4, -0.2) is 26.4 Å². The molecule has 0 unspecified atom stereocenters. The van der Waals surface area contributed by atoms with Gasteiger partial charge in [-0.15, -0.1) is 0 Å². The zero-order chi connectivity index (χ0) is 15.8. The van der Waals surface area contributed by atoms with E-state index < -0.39 is 0 Å². The van der Waals surface area contributed by atoms with Crippen LogP contribution in [0.3, 0.4) is 0 Å². The van der Waals surface area contributed by atoms with E-state index in [1.54, 1.807) is 0 Å². The van der Waals surface area contributed by atoms with Gasteiger partial charge in [0.25, 0.3) is 0 Å². The molecule has 0 aliphatic carbocycles. The number of hydrogen-bond acceptors (Lipinski definition) is 4. The van der Waals surface area contributed by atoms with Crippen molar-refractivity contribution >= 4 is 0 Å². The second-order valence-electron chi connectivity index (χ2n) is 5.75. The molecule has 0 fully saturated rings. The van der Waals surface area contributed by atoms with Crippen LogP contribution in [0.4, 0.5) is 0 Å². The van der Waals surface area contributed by atoms with Gasteiger partial charge < -0.3 is 0 Å². The standard InChI is InChI=1S/4C4H9O.Rf/c4*1-2-3-4-5;/h4*2-4H2,1H3;/q4*-1;+4. The third-order valence-corrected chi connectivity index (χ3v) is 17.8. The topological polar surface area (TPSA) is 36.9 Å². The van der Waals surface area contributed by atoms with Crippen LogP contribution in [0.5, 0.6) is 0 Å². The minimum absolute atomic E-state index is 0.705. The molecule has 0 rings (SSSR count). The SMILES string of the molecule is CCCC[O][Rf]([O]CCCC)([O]CCCC)[O]CCCC. The summed E-state index contributed by atoms with van der Waals surface area (Å²) in [6.07, 6.45) is 8.62. The molecule has 5 heteroatoms. The molecule has 0 saturated carbocycles. The Labute approximate surface area is 126 Å². The molecular weight excluding hydrogens is 523 g/mol. The van der Waals surface area contributed by atoms with Crippen LogP contribution in [0.15, 0.2) is 0 Å². The fourth-order valence-corrected chi connectivity index (χ4v) is 15.3. The van der Waals surface area contributed by atoms with Crippen molar-refractivity contribution in [3.05, 3.63) is 0 Å². The van der Waals surface area contributed by atoms with Crippen LogP contribution < -0.4 is 0 Å². The molecule has 0 spiro atoms. The molecule has 0 amide bonds. The van der Waals surface area contributed by atoms with Crippen LogP contribution in [0.25, 0.3) is 0 Å². The molecular formula is C16H36O4Rf. The van der Waals surface area contributed by atoms with Gasteiger partial charge in [0.05, 0.1) is 0 Å². The fraction of sp³-hybridized carbons (Fsp3) is 1.00. The van der Waals surface area contributed by atoms with E-state index in [0.29, 0.717) is 26.4 Å². The molecule has 0 aromatic rings. The van der Waals surface area contributed by atoms with Crippen molar-refractivity contribution in [2.75, 3.05) is 26.4 Å². The minimum atomic E-state index is -4.14.